The summed E-state index contributed by atoms with van der Waals surface area (Å²) in [5.74, 6) is 0. The molecule has 0 amide bonds. The predicted molar refractivity (Wildman–Crippen MR) is 33.1 cm³/mol. The second kappa shape index (κ2) is 5.39. The molecular weight excluding hydrogens is 93.0 g/mol. The van der Waals surface area contributed by atoms with Gasteiger partial charge < -0.3 is 5.32 Å². The van der Waals surface area contributed by atoms with Crippen LogP contribution in [0.1, 0.15) is 6.42 Å². The molecule has 0 radical (unpaired) electrons. The summed E-state index contributed by atoms with van der Waals surface area (Å²) >= 11 is 0. The van der Waals surface area contributed by atoms with Crippen molar-refractivity contribution < 1.29 is 0 Å². The number of hydrogen-bond donors (Lipinski definition) is 1. The minimum Gasteiger partial charge on any atom is -0.320 e. The molecular formula is C4H12NP. The van der Waals surface area contributed by atoms with E-state index in [1.807, 2.05) is 7.05 Å². The van der Waals surface area contributed by atoms with Crippen molar-refractivity contribution >= 4 is 9.24 Å². The molecule has 1 atom stereocenters. The van der Waals surface area contributed by atoms with E-state index in [1.54, 1.807) is 0 Å². The molecule has 38 valence electrons. The Morgan fingerprint density at radius 3 is 2.50 bits per heavy atom. The summed E-state index contributed by atoms with van der Waals surface area (Å²) < 4.78 is 0. The predicted octanol–water partition coefficient (Wildman–Crippen LogP) is 0.471. The Balaban J connectivity index is 2.34. The number of rotatable bonds is 3. The maximum atomic E-state index is 3.06. The molecule has 0 fully saturated rings. The van der Waals surface area contributed by atoms with Crippen molar-refractivity contribution in [1.82, 2.24) is 5.32 Å². The summed E-state index contributed by atoms with van der Waals surface area (Å²) in [5, 5.41) is 3.06. The zero-order chi connectivity index (χ0) is 4.83. The van der Waals surface area contributed by atoms with Gasteiger partial charge in [0.15, 0.2) is 0 Å². The maximum absolute atomic E-state index is 3.06. The largest absolute Gasteiger partial charge is 0.320 e. The van der Waals surface area contributed by atoms with Gasteiger partial charge in [0.25, 0.3) is 0 Å². The van der Waals surface area contributed by atoms with Crippen LogP contribution in [0, 0.1) is 0 Å². The van der Waals surface area contributed by atoms with Crippen molar-refractivity contribution in [2.24, 2.45) is 0 Å². The van der Waals surface area contributed by atoms with E-state index in [-0.39, 0.29) is 0 Å². The maximum Gasteiger partial charge on any atom is -0.00487 e. The van der Waals surface area contributed by atoms with Gasteiger partial charge in [-0.15, -0.1) is 9.24 Å². The minimum atomic E-state index is 1.14. The Morgan fingerprint density at radius 1 is 1.67 bits per heavy atom. The summed E-state index contributed by atoms with van der Waals surface area (Å²) in [5.41, 5.74) is 0. The molecule has 0 aromatic heterocycles. The van der Waals surface area contributed by atoms with Crippen LogP contribution in [-0.4, -0.2) is 19.8 Å². The quantitative estimate of drug-likeness (QED) is 0.406. The van der Waals surface area contributed by atoms with E-state index in [1.165, 1.54) is 12.6 Å². The molecule has 0 aliphatic heterocycles. The van der Waals surface area contributed by atoms with Crippen LogP contribution in [0.3, 0.4) is 0 Å². The van der Waals surface area contributed by atoms with Crippen molar-refractivity contribution in [3.63, 3.8) is 0 Å². The summed E-state index contributed by atoms with van der Waals surface area (Å²) in [4.78, 5) is 0. The average molecular weight is 105 g/mol. The molecule has 0 heterocycles. The minimum absolute atomic E-state index is 1.14. The first-order valence-electron chi connectivity index (χ1n) is 2.26. The molecule has 0 aliphatic carbocycles. The molecule has 0 aliphatic rings. The highest BCUT2D eigenvalue weighted by Gasteiger charge is 1.73. The Kier molecular flexibility index (Phi) is 5.74. The van der Waals surface area contributed by atoms with Crippen molar-refractivity contribution in [2.75, 3.05) is 19.8 Å². The lowest BCUT2D eigenvalue weighted by Gasteiger charge is -1.89. The molecule has 1 nitrogen and oxygen atoms in total. The second-order valence-corrected chi connectivity index (χ2v) is 1.82. The average Bonchev–Trinajstić information content (AvgIpc) is 1.61. The first kappa shape index (κ1) is 6.39. The zero-order valence-electron chi connectivity index (χ0n) is 4.20. The van der Waals surface area contributed by atoms with Gasteiger partial charge in [-0.1, -0.05) is 0 Å². The third-order valence-corrected chi connectivity index (χ3v) is 1.04. The normalized spacial score (nSPS) is 9.00. The van der Waals surface area contributed by atoms with E-state index in [9.17, 15) is 0 Å². The van der Waals surface area contributed by atoms with Crippen LogP contribution in [0.25, 0.3) is 0 Å². The highest BCUT2D eigenvalue weighted by molar-refractivity contribution is 7.16. The van der Waals surface area contributed by atoms with Gasteiger partial charge in [-0.25, -0.2) is 0 Å². The molecule has 0 aromatic carbocycles. The molecule has 0 saturated heterocycles. The molecule has 0 saturated carbocycles. The molecule has 1 unspecified atom stereocenters. The molecule has 6 heavy (non-hydrogen) atoms. The van der Waals surface area contributed by atoms with Crippen LogP contribution in [0.15, 0.2) is 0 Å². The lowest BCUT2D eigenvalue weighted by atomic mass is 10.5. The topological polar surface area (TPSA) is 12.0 Å². The molecule has 0 bridgehead atoms. The van der Waals surface area contributed by atoms with Gasteiger partial charge >= 0.3 is 0 Å². The van der Waals surface area contributed by atoms with Crippen LogP contribution >= 0.6 is 9.24 Å². The van der Waals surface area contributed by atoms with E-state index in [0.29, 0.717) is 0 Å². The molecule has 0 spiro atoms. The van der Waals surface area contributed by atoms with E-state index < -0.39 is 0 Å². The van der Waals surface area contributed by atoms with Crippen molar-refractivity contribution in [3.8, 4) is 0 Å². The Bertz CT molecular complexity index is 19.5. The summed E-state index contributed by atoms with van der Waals surface area (Å²) in [6.07, 6.45) is 2.47. The van der Waals surface area contributed by atoms with Gasteiger partial charge in [-0.2, -0.15) is 0 Å². The van der Waals surface area contributed by atoms with E-state index >= 15 is 0 Å². The van der Waals surface area contributed by atoms with Gasteiger partial charge in [0.2, 0.25) is 0 Å². The summed E-state index contributed by atoms with van der Waals surface area (Å²) in [6.45, 7) is 1.14. The van der Waals surface area contributed by atoms with E-state index in [0.717, 1.165) is 6.54 Å². The van der Waals surface area contributed by atoms with Crippen molar-refractivity contribution in [2.45, 2.75) is 6.42 Å². The van der Waals surface area contributed by atoms with Crippen molar-refractivity contribution in [1.29, 1.82) is 0 Å². The standard InChI is InChI=1S/C4H12NP/c1-5-3-2-4-6/h5H,2-4,6H2,1H3. The van der Waals surface area contributed by atoms with Crippen LogP contribution in [0.4, 0.5) is 0 Å². The van der Waals surface area contributed by atoms with Gasteiger partial charge in [0.05, 0.1) is 0 Å². The SMILES string of the molecule is CNCCCP. The highest BCUT2D eigenvalue weighted by Crippen LogP contribution is 1.82. The van der Waals surface area contributed by atoms with Gasteiger partial charge in [0, 0.05) is 0 Å². The number of nitrogens with one attached hydrogen (secondary N) is 1. The summed E-state index contributed by atoms with van der Waals surface area (Å²) in [7, 11) is 4.66. The lowest BCUT2D eigenvalue weighted by molar-refractivity contribution is 0.778. The Hall–Kier alpha value is 0.390. The lowest BCUT2D eigenvalue weighted by Crippen LogP contribution is -2.07. The third kappa shape index (κ3) is 4.39. The first-order valence-corrected chi connectivity index (χ1v) is 3.08. The van der Waals surface area contributed by atoms with Gasteiger partial charge in [0.1, 0.15) is 0 Å². The molecule has 2 heteroatoms. The molecule has 0 rings (SSSR count). The number of hydrogen-bond acceptors (Lipinski definition) is 1. The van der Waals surface area contributed by atoms with E-state index in [2.05, 4.69) is 14.6 Å². The van der Waals surface area contributed by atoms with Crippen LogP contribution in [0.5, 0.6) is 0 Å². The summed E-state index contributed by atoms with van der Waals surface area (Å²) in [6, 6.07) is 0. The Morgan fingerprint density at radius 2 is 2.33 bits per heavy atom. The van der Waals surface area contributed by atoms with E-state index in [4.69, 9.17) is 0 Å². The third-order valence-electron chi connectivity index (χ3n) is 0.631. The zero-order valence-corrected chi connectivity index (χ0v) is 5.35. The van der Waals surface area contributed by atoms with Crippen molar-refractivity contribution in [3.05, 3.63) is 0 Å². The monoisotopic (exact) mass is 105 g/mol. The first-order chi connectivity index (χ1) is 2.91. The fraction of sp³-hybridized carbons (Fsp3) is 1.00. The van der Waals surface area contributed by atoms with Crippen LogP contribution in [-0.2, 0) is 0 Å². The fourth-order valence-electron chi connectivity index (χ4n) is 0.279. The second-order valence-electron chi connectivity index (χ2n) is 1.25. The highest BCUT2D eigenvalue weighted by atomic mass is 31.0. The Labute approximate surface area is 41.7 Å². The smallest absolute Gasteiger partial charge is 0.00487 e. The van der Waals surface area contributed by atoms with Crippen LogP contribution < -0.4 is 5.32 Å². The van der Waals surface area contributed by atoms with Gasteiger partial charge in [-0.05, 0) is 26.2 Å². The molecule has 0 aromatic rings. The van der Waals surface area contributed by atoms with Crippen LogP contribution in [0.2, 0.25) is 0 Å². The fourth-order valence-corrected chi connectivity index (χ4v) is 0.483. The van der Waals surface area contributed by atoms with Gasteiger partial charge in [-0.3, -0.25) is 0 Å². The molecule has 1 N–H and O–H groups in total.